The standard InChI is InChI=1S/C15H11BrF2O/c16-12-4-11(6-14(18)9-12)8-15(19)7-10-2-1-3-13(17)5-10/h1-6,9H,7-8H2. The van der Waals surface area contributed by atoms with E-state index in [1.165, 1.54) is 24.3 Å². The van der Waals surface area contributed by atoms with Gasteiger partial charge in [0.15, 0.2) is 0 Å². The largest absolute Gasteiger partial charge is 0.299 e. The van der Waals surface area contributed by atoms with E-state index in [-0.39, 0.29) is 30.3 Å². The van der Waals surface area contributed by atoms with Gasteiger partial charge in [-0.1, -0.05) is 28.1 Å². The Hall–Kier alpha value is -1.55. The third kappa shape index (κ3) is 4.24. The molecular formula is C15H11BrF2O. The summed E-state index contributed by atoms with van der Waals surface area (Å²) in [6, 6.07) is 10.3. The molecule has 0 fully saturated rings. The third-order valence-corrected chi connectivity index (χ3v) is 3.07. The lowest BCUT2D eigenvalue weighted by molar-refractivity contribution is -0.117. The van der Waals surface area contributed by atoms with Crippen LogP contribution in [0.5, 0.6) is 0 Å². The topological polar surface area (TPSA) is 17.1 Å². The number of Topliss-reactive ketones (excluding diaryl/α,β-unsaturated/α-hetero) is 1. The van der Waals surface area contributed by atoms with Crippen LogP contribution in [0.3, 0.4) is 0 Å². The Bertz CT molecular complexity index is 591. The number of hydrogen-bond donors (Lipinski definition) is 0. The van der Waals surface area contributed by atoms with Gasteiger partial charge in [-0.2, -0.15) is 0 Å². The van der Waals surface area contributed by atoms with Crippen molar-refractivity contribution >= 4 is 21.7 Å². The molecule has 19 heavy (non-hydrogen) atoms. The third-order valence-electron chi connectivity index (χ3n) is 2.61. The van der Waals surface area contributed by atoms with Crippen molar-refractivity contribution in [2.24, 2.45) is 0 Å². The van der Waals surface area contributed by atoms with Gasteiger partial charge in [-0.05, 0) is 41.5 Å². The fourth-order valence-electron chi connectivity index (χ4n) is 1.88. The van der Waals surface area contributed by atoms with Gasteiger partial charge in [0.05, 0.1) is 0 Å². The Balaban J connectivity index is 2.05. The number of ketones is 1. The van der Waals surface area contributed by atoms with E-state index in [1.807, 2.05) is 0 Å². The van der Waals surface area contributed by atoms with Crippen molar-refractivity contribution in [1.29, 1.82) is 0 Å². The molecular weight excluding hydrogens is 314 g/mol. The van der Waals surface area contributed by atoms with Gasteiger partial charge in [0.2, 0.25) is 0 Å². The van der Waals surface area contributed by atoms with Crippen molar-refractivity contribution in [1.82, 2.24) is 0 Å². The van der Waals surface area contributed by atoms with Crippen LogP contribution in [-0.2, 0) is 17.6 Å². The van der Waals surface area contributed by atoms with Crippen molar-refractivity contribution < 1.29 is 13.6 Å². The summed E-state index contributed by atoms with van der Waals surface area (Å²) < 4.78 is 26.7. The summed E-state index contributed by atoms with van der Waals surface area (Å²) in [5, 5.41) is 0. The molecule has 0 amide bonds. The molecule has 0 aliphatic carbocycles. The predicted octanol–water partition coefficient (Wildman–Crippen LogP) is 4.08. The summed E-state index contributed by atoms with van der Waals surface area (Å²) in [6.07, 6.45) is 0.277. The van der Waals surface area contributed by atoms with E-state index >= 15 is 0 Å². The molecule has 0 saturated heterocycles. The highest BCUT2D eigenvalue weighted by atomic mass is 79.9. The van der Waals surface area contributed by atoms with Gasteiger partial charge in [-0.3, -0.25) is 4.79 Å². The minimum Gasteiger partial charge on any atom is -0.299 e. The monoisotopic (exact) mass is 324 g/mol. The highest BCUT2D eigenvalue weighted by Gasteiger charge is 2.08. The molecule has 0 atom stereocenters. The molecule has 0 aliphatic rings. The van der Waals surface area contributed by atoms with E-state index in [9.17, 15) is 13.6 Å². The number of carbonyl (C=O) groups excluding carboxylic acids is 1. The second-order valence-corrected chi connectivity index (χ2v) is 5.22. The quantitative estimate of drug-likeness (QED) is 0.828. The number of hydrogen-bond acceptors (Lipinski definition) is 1. The van der Waals surface area contributed by atoms with Crippen LogP contribution in [0.4, 0.5) is 8.78 Å². The molecule has 0 aliphatic heterocycles. The SMILES string of the molecule is O=C(Cc1cccc(F)c1)Cc1cc(F)cc(Br)c1. The first-order valence-electron chi connectivity index (χ1n) is 5.74. The van der Waals surface area contributed by atoms with Crippen LogP contribution in [-0.4, -0.2) is 5.78 Å². The Morgan fingerprint density at radius 3 is 2.32 bits per heavy atom. The molecule has 98 valence electrons. The molecule has 2 aromatic carbocycles. The average molecular weight is 325 g/mol. The lowest BCUT2D eigenvalue weighted by Gasteiger charge is -2.03. The van der Waals surface area contributed by atoms with Crippen LogP contribution in [0.25, 0.3) is 0 Å². The summed E-state index contributed by atoms with van der Waals surface area (Å²) in [5.41, 5.74) is 1.23. The predicted molar refractivity (Wildman–Crippen MR) is 72.9 cm³/mol. The van der Waals surface area contributed by atoms with Gasteiger partial charge < -0.3 is 0 Å². The van der Waals surface area contributed by atoms with E-state index < -0.39 is 0 Å². The zero-order valence-electron chi connectivity index (χ0n) is 10.00. The van der Waals surface area contributed by atoms with Gasteiger partial charge in [0, 0.05) is 17.3 Å². The molecule has 1 nitrogen and oxygen atoms in total. The van der Waals surface area contributed by atoms with Crippen LogP contribution in [0, 0.1) is 11.6 Å². The molecule has 0 spiro atoms. The molecule has 0 heterocycles. The van der Waals surface area contributed by atoms with Crippen LogP contribution < -0.4 is 0 Å². The normalized spacial score (nSPS) is 10.5. The van der Waals surface area contributed by atoms with Crippen molar-refractivity contribution in [2.45, 2.75) is 12.8 Å². The van der Waals surface area contributed by atoms with Gasteiger partial charge in [0.25, 0.3) is 0 Å². The first-order valence-corrected chi connectivity index (χ1v) is 6.53. The summed E-state index contributed by atoms with van der Waals surface area (Å²) in [4.78, 5) is 11.9. The first-order chi connectivity index (χ1) is 9.02. The van der Waals surface area contributed by atoms with Crippen molar-refractivity contribution in [3.8, 4) is 0 Å². The average Bonchev–Trinajstić information content (AvgIpc) is 2.26. The molecule has 0 bridgehead atoms. The van der Waals surface area contributed by atoms with Gasteiger partial charge >= 0.3 is 0 Å². The maximum atomic E-state index is 13.2. The van der Waals surface area contributed by atoms with Crippen molar-refractivity contribution in [3.63, 3.8) is 0 Å². The van der Waals surface area contributed by atoms with E-state index in [0.29, 0.717) is 15.6 Å². The maximum absolute atomic E-state index is 13.2. The highest BCUT2D eigenvalue weighted by Crippen LogP contribution is 2.16. The van der Waals surface area contributed by atoms with Crippen LogP contribution in [0.1, 0.15) is 11.1 Å². The zero-order valence-corrected chi connectivity index (χ0v) is 11.6. The molecule has 2 rings (SSSR count). The molecule has 0 radical (unpaired) electrons. The number of benzene rings is 2. The highest BCUT2D eigenvalue weighted by molar-refractivity contribution is 9.10. The van der Waals surface area contributed by atoms with Gasteiger partial charge in [-0.25, -0.2) is 8.78 Å². The number of rotatable bonds is 4. The molecule has 0 unspecified atom stereocenters. The Kier molecular flexibility index (Phi) is 4.43. The van der Waals surface area contributed by atoms with E-state index in [2.05, 4.69) is 15.9 Å². The zero-order chi connectivity index (χ0) is 13.8. The van der Waals surface area contributed by atoms with E-state index in [0.717, 1.165) is 0 Å². The molecule has 2 aromatic rings. The van der Waals surface area contributed by atoms with Crippen LogP contribution >= 0.6 is 15.9 Å². The minimum atomic E-state index is -0.386. The van der Waals surface area contributed by atoms with Crippen LogP contribution in [0.15, 0.2) is 46.9 Å². The minimum absolute atomic E-state index is 0.0805. The fourth-order valence-corrected chi connectivity index (χ4v) is 2.39. The number of carbonyl (C=O) groups is 1. The summed E-state index contributed by atoms with van der Waals surface area (Å²) in [7, 11) is 0. The first kappa shape index (κ1) is 13.9. The smallest absolute Gasteiger partial charge is 0.141 e. The van der Waals surface area contributed by atoms with E-state index in [1.54, 1.807) is 18.2 Å². The number of halogens is 3. The molecule has 4 heteroatoms. The van der Waals surface area contributed by atoms with Gasteiger partial charge in [0.1, 0.15) is 17.4 Å². The molecule has 0 aromatic heterocycles. The van der Waals surface area contributed by atoms with Crippen LogP contribution in [0.2, 0.25) is 0 Å². The van der Waals surface area contributed by atoms with Gasteiger partial charge in [-0.15, -0.1) is 0 Å². The van der Waals surface area contributed by atoms with Crippen molar-refractivity contribution in [2.75, 3.05) is 0 Å². The second-order valence-electron chi connectivity index (χ2n) is 4.30. The summed E-state index contributed by atoms with van der Waals surface area (Å²) >= 11 is 3.18. The Morgan fingerprint density at radius 1 is 0.947 bits per heavy atom. The van der Waals surface area contributed by atoms with Crippen molar-refractivity contribution in [3.05, 3.63) is 69.7 Å². The van der Waals surface area contributed by atoms with E-state index in [4.69, 9.17) is 0 Å². The summed E-state index contributed by atoms with van der Waals surface area (Å²) in [5.74, 6) is -0.829. The lowest BCUT2D eigenvalue weighted by atomic mass is 10.0. The molecule has 0 N–H and O–H groups in total. The maximum Gasteiger partial charge on any atom is 0.141 e. The molecule has 0 saturated carbocycles. The lowest BCUT2D eigenvalue weighted by Crippen LogP contribution is -2.07. The second kappa shape index (κ2) is 6.06. The Labute approximate surface area is 118 Å². The fraction of sp³-hybridized carbons (Fsp3) is 0.133. The summed E-state index contributed by atoms with van der Waals surface area (Å²) in [6.45, 7) is 0. The Morgan fingerprint density at radius 2 is 1.63 bits per heavy atom.